The Labute approximate surface area is 173 Å². The number of anilines is 1. The first kappa shape index (κ1) is 23.9. The van der Waals surface area contributed by atoms with E-state index in [0.29, 0.717) is 17.8 Å². The number of carbonyl (C=O) groups is 1. The monoisotopic (exact) mass is 425 g/mol. The molecule has 0 bridgehead atoms. The van der Waals surface area contributed by atoms with Gasteiger partial charge in [0.05, 0.1) is 10.6 Å². The van der Waals surface area contributed by atoms with E-state index in [9.17, 15) is 13.2 Å². The van der Waals surface area contributed by atoms with E-state index in [1.165, 1.54) is 24.3 Å². The first-order valence-electron chi connectivity index (χ1n) is 8.95. The van der Waals surface area contributed by atoms with E-state index in [4.69, 9.17) is 0 Å². The van der Waals surface area contributed by atoms with Crippen LogP contribution in [-0.2, 0) is 10.0 Å². The minimum absolute atomic E-state index is 0. The summed E-state index contributed by atoms with van der Waals surface area (Å²) in [6, 6.07) is 11.6. The molecule has 3 N–H and O–H groups in total. The van der Waals surface area contributed by atoms with Crippen molar-refractivity contribution in [3.05, 3.63) is 59.2 Å². The predicted octanol–water partition coefficient (Wildman–Crippen LogP) is 3.25. The standard InChI is InChI=1S/C20H27N3O3S.ClH/c1-5-21-15(3)13-22-20(24)17-9-11-18(12-10-17)27(25,26)23-19-8-6-7-14(2)16(19)4;/h6-12,15,21,23H,5,13H2,1-4H3,(H,22,24);1H/t15-;/m1./s1. The number of halogens is 1. The molecule has 1 amide bonds. The number of sulfonamides is 1. The highest BCUT2D eigenvalue weighted by atomic mass is 35.5. The number of rotatable bonds is 8. The number of aryl methyl sites for hydroxylation is 1. The summed E-state index contributed by atoms with van der Waals surface area (Å²) in [6.45, 7) is 9.12. The van der Waals surface area contributed by atoms with Gasteiger partial charge in [-0.15, -0.1) is 12.4 Å². The normalized spacial score (nSPS) is 12.0. The number of amides is 1. The van der Waals surface area contributed by atoms with Gasteiger partial charge in [-0.25, -0.2) is 8.42 Å². The van der Waals surface area contributed by atoms with Crippen LogP contribution in [0.4, 0.5) is 5.69 Å². The Hall–Kier alpha value is -2.09. The summed E-state index contributed by atoms with van der Waals surface area (Å²) in [5.41, 5.74) is 2.86. The van der Waals surface area contributed by atoms with E-state index in [0.717, 1.165) is 17.7 Å². The molecule has 0 fully saturated rings. The molecule has 0 heterocycles. The third kappa shape index (κ3) is 6.22. The van der Waals surface area contributed by atoms with Crippen LogP contribution >= 0.6 is 12.4 Å². The zero-order valence-corrected chi connectivity index (χ0v) is 18.2. The quantitative estimate of drug-likeness (QED) is 0.605. The average Bonchev–Trinajstić information content (AvgIpc) is 2.64. The molecule has 0 aromatic heterocycles. The largest absolute Gasteiger partial charge is 0.350 e. The summed E-state index contributed by atoms with van der Waals surface area (Å²) in [5.74, 6) is -0.230. The molecule has 0 unspecified atom stereocenters. The number of hydrogen-bond acceptors (Lipinski definition) is 4. The van der Waals surface area contributed by atoms with E-state index >= 15 is 0 Å². The zero-order valence-electron chi connectivity index (χ0n) is 16.6. The van der Waals surface area contributed by atoms with Crippen molar-refractivity contribution in [3.63, 3.8) is 0 Å². The van der Waals surface area contributed by atoms with Gasteiger partial charge in [0, 0.05) is 18.2 Å². The van der Waals surface area contributed by atoms with E-state index in [1.807, 2.05) is 39.8 Å². The van der Waals surface area contributed by atoms with Crippen molar-refractivity contribution < 1.29 is 13.2 Å². The lowest BCUT2D eigenvalue weighted by Crippen LogP contribution is -2.38. The Kier molecular flexibility index (Phi) is 8.94. The maximum absolute atomic E-state index is 12.6. The molecule has 0 aliphatic rings. The summed E-state index contributed by atoms with van der Waals surface area (Å²) in [4.78, 5) is 12.3. The molecule has 8 heteroatoms. The van der Waals surface area contributed by atoms with Gasteiger partial charge in [0.15, 0.2) is 0 Å². The smallest absolute Gasteiger partial charge is 0.261 e. The third-order valence-electron chi connectivity index (χ3n) is 4.40. The molecule has 2 aromatic rings. The van der Waals surface area contributed by atoms with Gasteiger partial charge < -0.3 is 10.6 Å². The molecule has 154 valence electrons. The van der Waals surface area contributed by atoms with Crippen molar-refractivity contribution >= 4 is 34.0 Å². The van der Waals surface area contributed by atoms with Gasteiger partial charge >= 0.3 is 0 Å². The Morgan fingerprint density at radius 3 is 2.32 bits per heavy atom. The molecule has 0 aliphatic carbocycles. The highest BCUT2D eigenvalue weighted by Crippen LogP contribution is 2.22. The molecule has 0 aliphatic heterocycles. The van der Waals surface area contributed by atoms with Crippen molar-refractivity contribution in [2.75, 3.05) is 17.8 Å². The van der Waals surface area contributed by atoms with Crippen LogP contribution in [0.15, 0.2) is 47.4 Å². The first-order chi connectivity index (χ1) is 12.7. The second kappa shape index (κ2) is 10.5. The summed E-state index contributed by atoms with van der Waals surface area (Å²) in [5, 5.41) is 6.04. The minimum atomic E-state index is -3.72. The van der Waals surface area contributed by atoms with E-state index in [-0.39, 0.29) is 29.3 Å². The van der Waals surface area contributed by atoms with Gasteiger partial charge in [-0.05, 0) is 68.8 Å². The van der Waals surface area contributed by atoms with Gasteiger partial charge in [-0.1, -0.05) is 19.1 Å². The van der Waals surface area contributed by atoms with Gasteiger partial charge in [0.1, 0.15) is 0 Å². The molecule has 1 atom stereocenters. The molecule has 0 radical (unpaired) electrons. The van der Waals surface area contributed by atoms with E-state index < -0.39 is 10.0 Å². The summed E-state index contributed by atoms with van der Waals surface area (Å²) in [6.07, 6.45) is 0. The van der Waals surface area contributed by atoms with Crippen LogP contribution in [0.3, 0.4) is 0 Å². The van der Waals surface area contributed by atoms with Gasteiger partial charge in [0.25, 0.3) is 15.9 Å². The highest BCUT2D eigenvalue weighted by Gasteiger charge is 2.16. The Morgan fingerprint density at radius 2 is 1.71 bits per heavy atom. The molecular formula is C20H28ClN3O3S. The number of nitrogens with one attached hydrogen (secondary N) is 3. The lowest BCUT2D eigenvalue weighted by molar-refractivity contribution is 0.0950. The molecule has 2 aromatic carbocycles. The maximum Gasteiger partial charge on any atom is 0.261 e. The van der Waals surface area contributed by atoms with Crippen molar-refractivity contribution in [1.82, 2.24) is 10.6 Å². The van der Waals surface area contributed by atoms with Crippen LogP contribution in [0.25, 0.3) is 0 Å². The number of likely N-dealkylation sites (N-methyl/N-ethyl adjacent to an activating group) is 1. The number of hydrogen-bond donors (Lipinski definition) is 3. The SMILES string of the molecule is CCN[C@H](C)CNC(=O)c1ccc(S(=O)(=O)Nc2cccc(C)c2C)cc1.Cl. The molecule has 6 nitrogen and oxygen atoms in total. The Morgan fingerprint density at radius 1 is 1.07 bits per heavy atom. The number of benzene rings is 2. The lowest BCUT2D eigenvalue weighted by atomic mass is 10.1. The summed E-state index contributed by atoms with van der Waals surface area (Å²) < 4.78 is 27.8. The fraction of sp³-hybridized carbons (Fsp3) is 0.350. The van der Waals surface area contributed by atoms with Crippen LogP contribution in [-0.4, -0.2) is 33.5 Å². The molecule has 0 spiro atoms. The second-order valence-electron chi connectivity index (χ2n) is 6.55. The highest BCUT2D eigenvalue weighted by molar-refractivity contribution is 7.92. The van der Waals surface area contributed by atoms with Crippen LogP contribution in [0.2, 0.25) is 0 Å². The first-order valence-corrected chi connectivity index (χ1v) is 10.4. The van der Waals surface area contributed by atoms with E-state index in [1.54, 1.807) is 6.07 Å². The zero-order chi connectivity index (χ0) is 20.0. The fourth-order valence-corrected chi connectivity index (χ4v) is 3.74. The molecule has 0 saturated carbocycles. The van der Waals surface area contributed by atoms with Crippen molar-refractivity contribution in [1.29, 1.82) is 0 Å². The number of carbonyl (C=O) groups excluding carboxylic acids is 1. The van der Waals surface area contributed by atoms with Gasteiger partial charge in [-0.2, -0.15) is 0 Å². The molecule has 2 rings (SSSR count). The predicted molar refractivity (Wildman–Crippen MR) is 116 cm³/mol. The fourth-order valence-electron chi connectivity index (χ4n) is 2.62. The van der Waals surface area contributed by atoms with Crippen molar-refractivity contribution in [2.24, 2.45) is 0 Å². The van der Waals surface area contributed by atoms with Crippen LogP contribution in [0.5, 0.6) is 0 Å². The summed E-state index contributed by atoms with van der Waals surface area (Å²) >= 11 is 0. The Balaban J connectivity index is 0.00000392. The average molecular weight is 426 g/mol. The van der Waals surface area contributed by atoms with E-state index in [2.05, 4.69) is 15.4 Å². The minimum Gasteiger partial charge on any atom is -0.350 e. The molecule has 28 heavy (non-hydrogen) atoms. The molecule has 0 saturated heterocycles. The van der Waals surface area contributed by atoms with Crippen LogP contribution in [0, 0.1) is 13.8 Å². The second-order valence-corrected chi connectivity index (χ2v) is 8.23. The van der Waals surface area contributed by atoms with Crippen LogP contribution in [0.1, 0.15) is 35.3 Å². The Bertz CT molecular complexity index is 899. The van der Waals surface area contributed by atoms with Crippen molar-refractivity contribution in [3.8, 4) is 0 Å². The summed E-state index contributed by atoms with van der Waals surface area (Å²) in [7, 11) is -3.72. The molecular weight excluding hydrogens is 398 g/mol. The third-order valence-corrected chi connectivity index (χ3v) is 5.78. The van der Waals surface area contributed by atoms with Crippen molar-refractivity contribution in [2.45, 2.75) is 38.6 Å². The topological polar surface area (TPSA) is 87.3 Å². The van der Waals surface area contributed by atoms with Crippen LogP contribution < -0.4 is 15.4 Å². The van der Waals surface area contributed by atoms with Gasteiger partial charge in [-0.3, -0.25) is 9.52 Å². The lowest BCUT2D eigenvalue weighted by Gasteiger charge is -2.14. The van der Waals surface area contributed by atoms with Gasteiger partial charge in [0.2, 0.25) is 0 Å². The maximum atomic E-state index is 12.6.